The topological polar surface area (TPSA) is 28.2 Å². The van der Waals surface area contributed by atoms with Gasteiger partial charge >= 0.3 is 0 Å². The second-order valence-corrected chi connectivity index (χ2v) is 6.40. The molecule has 2 aromatic rings. The summed E-state index contributed by atoms with van der Waals surface area (Å²) in [5, 5.41) is 7.37. The molecule has 5 heteroatoms. The molecule has 0 saturated carbocycles. The molecular weight excluding hydrogens is 285 g/mol. The Morgan fingerprint density at radius 2 is 2.19 bits per heavy atom. The molecule has 1 N–H and O–H groups in total. The SMILES string of the molecule is CC(C)CNCc1ccnc(N(C)Cc2ccsc2)c1F. The Kier molecular flexibility index (Phi) is 5.70. The van der Waals surface area contributed by atoms with E-state index in [1.54, 1.807) is 23.6 Å². The van der Waals surface area contributed by atoms with E-state index in [1.807, 2.05) is 23.4 Å². The monoisotopic (exact) mass is 307 g/mol. The molecule has 0 aliphatic heterocycles. The Balaban J connectivity index is 2.05. The molecule has 0 unspecified atom stereocenters. The maximum atomic E-state index is 14.5. The van der Waals surface area contributed by atoms with E-state index in [9.17, 15) is 4.39 Å². The zero-order chi connectivity index (χ0) is 15.2. The highest BCUT2D eigenvalue weighted by Crippen LogP contribution is 2.20. The van der Waals surface area contributed by atoms with Gasteiger partial charge in [0.2, 0.25) is 0 Å². The molecule has 0 spiro atoms. The third kappa shape index (κ3) is 4.51. The van der Waals surface area contributed by atoms with Crippen molar-refractivity contribution in [1.82, 2.24) is 10.3 Å². The smallest absolute Gasteiger partial charge is 0.170 e. The first-order valence-corrected chi connectivity index (χ1v) is 8.08. The van der Waals surface area contributed by atoms with Crippen molar-refractivity contribution in [2.75, 3.05) is 18.5 Å². The summed E-state index contributed by atoms with van der Waals surface area (Å²) in [5.41, 5.74) is 1.84. The van der Waals surface area contributed by atoms with Gasteiger partial charge in [-0.3, -0.25) is 0 Å². The van der Waals surface area contributed by atoms with Crippen molar-refractivity contribution in [2.24, 2.45) is 5.92 Å². The van der Waals surface area contributed by atoms with Gasteiger partial charge < -0.3 is 10.2 Å². The highest BCUT2D eigenvalue weighted by Gasteiger charge is 2.13. The number of rotatable bonds is 7. The minimum Gasteiger partial charge on any atom is -0.353 e. The Morgan fingerprint density at radius 3 is 2.86 bits per heavy atom. The number of halogens is 1. The van der Waals surface area contributed by atoms with E-state index in [2.05, 4.69) is 29.5 Å². The molecule has 0 radical (unpaired) electrons. The lowest BCUT2D eigenvalue weighted by Crippen LogP contribution is -2.22. The molecule has 21 heavy (non-hydrogen) atoms. The van der Waals surface area contributed by atoms with Crippen LogP contribution in [0.4, 0.5) is 10.2 Å². The van der Waals surface area contributed by atoms with E-state index in [-0.39, 0.29) is 5.82 Å². The van der Waals surface area contributed by atoms with Crippen molar-refractivity contribution >= 4 is 17.2 Å². The van der Waals surface area contributed by atoms with Crippen LogP contribution in [0.25, 0.3) is 0 Å². The van der Waals surface area contributed by atoms with E-state index in [4.69, 9.17) is 0 Å². The van der Waals surface area contributed by atoms with Crippen LogP contribution >= 0.6 is 11.3 Å². The summed E-state index contributed by atoms with van der Waals surface area (Å²) in [6.07, 6.45) is 1.68. The van der Waals surface area contributed by atoms with Crippen LogP contribution < -0.4 is 10.2 Å². The molecule has 0 amide bonds. The average Bonchev–Trinajstić information content (AvgIpc) is 2.93. The van der Waals surface area contributed by atoms with Crippen LogP contribution in [0, 0.1) is 11.7 Å². The lowest BCUT2D eigenvalue weighted by atomic mass is 10.2. The van der Waals surface area contributed by atoms with Gasteiger partial charge in [0.15, 0.2) is 11.6 Å². The molecule has 2 rings (SSSR count). The van der Waals surface area contributed by atoms with E-state index in [0.29, 0.717) is 30.4 Å². The van der Waals surface area contributed by atoms with Gasteiger partial charge in [-0.05, 0) is 40.9 Å². The molecule has 114 valence electrons. The minimum atomic E-state index is -0.230. The van der Waals surface area contributed by atoms with Crippen LogP contribution in [0.5, 0.6) is 0 Å². The number of pyridine rings is 1. The van der Waals surface area contributed by atoms with Crippen LogP contribution in [0.15, 0.2) is 29.1 Å². The highest BCUT2D eigenvalue weighted by molar-refractivity contribution is 7.07. The van der Waals surface area contributed by atoms with Gasteiger partial charge in [0.05, 0.1) is 0 Å². The maximum absolute atomic E-state index is 14.5. The zero-order valence-corrected chi connectivity index (χ0v) is 13.6. The van der Waals surface area contributed by atoms with Crippen LogP contribution in [0.2, 0.25) is 0 Å². The number of nitrogens with zero attached hydrogens (tertiary/aromatic N) is 2. The lowest BCUT2D eigenvalue weighted by molar-refractivity contribution is 0.532. The second-order valence-electron chi connectivity index (χ2n) is 5.62. The second kappa shape index (κ2) is 7.52. The normalized spacial score (nSPS) is 11.1. The van der Waals surface area contributed by atoms with Gasteiger partial charge in [0.1, 0.15) is 0 Å². The Bertz CT molecular complexity index is 555. The lowest BCUT2D eigenvalue weighted by Gasteiger charge is -2.19. The van der Waals surface area contributed by atoms with Gasteiger partial charge in [0.25, 0.3) is 0 Å². The summed E-state index contributed by atoms with van der Waals surface area (Å²) in [6, 6.07) is 3.79. The molecular formula is C16H22FN3S. The predicted octanol–water partition coefficient (Wildman–Crippen LogP) is 3.66. The van der Waals surface area contributed by atoms with Crippen LogP contribution in [-0.4, -0.2) is 18.6 Å². The van der Waals surface area contributed by atoms with Crippen LogP contribution in [0.3, 0.4) is 0 Å². The summed E-state index contributed by atoms with van der Waals surface area (Å²) < 4.78 is 14.5. The van der Waals surface area contributed by atoms with E-state index in [1.165, 1.54) is 5.56 Å². The summed E-state index contributed by atoms with van der Waals surface area (Å²) in [6.45, 7) is 6.34. The first-order valence-electron chi connectivity index (χ1n) is 7.14. The van der Waals surface area contributed by atoms with Crippen molar-refractivity contribution in [2.45, 2.75) is 26.9 Å². The summed E-state index contributed by atoms with van der Waals surface area (Å²) >= 11 is 1.65. The van der Waals surface area contributed by atoms with Crippen molar-refractivity contribution in [3.8, 4) is 0 Å². The third-order valence-electron chi connectivity index (χ3n) is 3.18. The molecule has 0 bridgehead atoms. The quantitative estimate of drug-likeness (QED) is 0.846. The highest BCUT2D eigenvalue weighted by atomic mass is 32.1. The average molecular weight is 307 g/mol. The minimum absolute atomic E-state index is 0.230. The number of thiophene rings is 1. The standard InChI is InChI=1S/C16H22FN3S/c1-12(2)8-18-9-14-4-6-19-16(15(14)17)20(3)10-13-5-7-21-11-13/h4-7,11-12,18H,8-10H2,1-3H3. The first kappa shape index (κ1) is 15.9. The molecule has 0 aromatic carbocycles. The van der Waals surface area contributed by atoms with Crippen molar-refractivity contribution < 1.29 is 4.39 Å². The summed E-state index contributed by atoms with van der Waals surface area (Å²) in [5.74, 6) is 0.729. The molecule has 0 aliphatic rings. The van der Waals surface area contributed by atoms with Crippen molar-refractivity contribution in [3.05, 3.63) is 46.0 Å². The molecule has 2 aromatic heterocycles. The fraction of sp³-hybridized carbons (Fsp3) is 0.438. The first-order chi connectivity index (χ1) is 10.1. The van der Waals surface area contributed by atoms with Gasteiger partial charge in [-0.2, -0.15) is 11.3 Å². The van der Waals surface area contributed by atoms with Crippen molar-refractivity contribution in [3.63, 3.8) is 0 Å². The van der Waals surface area contributed by atoms with E-state index in [0.717, 1.165) is 6.54 Å². The Morgan fingerprint density at radius 1 is 1.38 bits per heavy atom. The largest absolute Gasteiger partial charge is 0.353 e. The van der Waals surface area contributed by atoms with Crippen LogP contribution in [0.1, 0.15) is 25.0 Å². The third-order valence-corrected chi connectivity index (χ3v) is 3.91. The Labute approximate surface area is 129 Å². The fourth-order valence-corrected chi connectivity index (χ4v) is 2.76. The number of hydrogen-bond donors (Lipinski definition) is 1. The van der Waals surface area contributed by atoms with Gasteiger partial charge in [-0.15, -0.1) is 0 Å². The van der Waals surface area contributed by atoms with Gasteiger partial charge in [0, 0.05) is 31.9 Å². The van der Waals surface area contributed by atoms with Gasteiger partial charge in [-0.25, -0.2) is 9.37 Å². The van der Waals surface area contributed by atoms with Crippen molar-refractivity contribution in [1.29, 1.82) is 0 Å². The molecule has 3 nitrogen and oxygen atoms in total. The van der Waals surface area contributed by atoms with Crippen LogP contribution in [-0.2, 0) is 13.1 Å². The molecule has 0 saturated heterocycles. The maximum Gasteiger partial charge on any atom is 0.170 e. The number of anilines is 1. The molecule has 2 heterocycles. The summed E-state index contributed by atoms with van der Waals surface area (Å²) in [7, 11) is 1.87. The number of hydrogen-bond acceptors (Lipinski definition) is 4. The predicted molar refractivity (Wildman–Crippen MR) is 87.2 cm³/mol. The molecule has 0 fully saturated rings. The Hall–Kier alpha value is -1.46. The molecule has 0 aliphatic carbocycles. The number of aromatic nitrogens is 1. The van der Waals surface area contributed by atoms with E-state index >= 15 is 0 Å². The van der Waals surface area contributed by atoms with E-state index < -0.39 is 0 Å². The molecule has 0 atom stereocenters. The van der Waals surface area contributed by atoms with Gasteiger partial charge in [-0.1, -0.05) is 13.8 Å². The number of nitrogens with one attached hydrogen (secondary N) is 1. The summed E-state index contributed by atoms with van der Waals surface area (Å²) in [4.78, 5) is 6.04. The fourth-order valence-electron chi connectivity index (χ4n) is 2.10. The zero-order valence-electron chi connectivity index (χ0n) is 12.8.